The topological polar surface area (TPSA) is 66.9 Å². The van der Waals surface area contributed by atoms with Crippen molar-refractivity contribution in [2.75, 3.05) is 26.3 Å². The standard InChI is InChI=1S/C28H34N2O4S2/c1-3-34-19-10-18-30(36(32,33)20-17-25-11-6-4-7-12-25)23-28(31)29(21-26-13-8-5-9-14-26)22-27-16-15-24(2)35-27/h4-9,11-17,20H,3,10,18-19,21-23H2,1-2H3. The van der Waals surface area contributed by atoms with Gasteiger partial charge in [0.2, 0.25) is 15.9 Å². The molecule has 2 aromatic carbocycles. The van der Waals surface area contributed by atoms with Crippen molar-refractivity contribution in [3.63, 3.8) is 0 Å². The van der Waals surface area contributed by atoms with Crippen molar-refractivity contribution >= 4 is 33.3 Å². The van der Waals surface area contributed by atoms with Gasteiger partial charge >= 0.3 is 0 Å². The molecule has 0 aliphatic heterocycles. The second-order valence-electron chi connectivity index (χ2n) is 8.39. The minimum absolute atomic E-state index is 0.199. The quantitative estimate of drug-likeness (QED) is 0.267. The molecule has 0 radical (unpaired) electrons. The largest absolute Gasteiger partial charge is 0.382 e. The Bertz CT molecular complexity index is 1210. The van der Waals surface area contributed by atoms with Gasteiger partial charge in [0.05, 0.1) is 13.1 Å². The van der Waals surface area contributed by atoms with Crippen LogP contribution in [0.5, 0.6) is 0 Å². The Morgan fingerprint density at radius 3 is 2.31 bits per heavy atom. The van der Waals surface area contributed by atoms with Gasteiger partial charge in [0.15, 0.2) is 0 Å². The number of amides is 1. The average molecular weight is 527 g/mol. The maximum Gasteiger partial charge on any atom is 0.238 e. The van der Waals surface area contributed by atoms with Crippen molar-refractivity contribution in [2.45, 2.75) is 33.4 Å². The van der Waals surface area contributed by atoms with Crippen molar-refractivity contribution in [1.29, 1.82) is 0 Å². The van der Waals surface area contributed by atoms with Crippen LogP contribution in [0.1, 0.15) is 34.2 Å². The number of carbonyl (C=O) groups is 1. The summed E-state index contributed by atoms with van der Waals surface area (Å²) >= 11 is 1.64. The number of nitrogens with zero attached hydrogens (tertiary/aromatic N) is 2. The fourth-order valence-electron chi connectivity index (χ4n) is 3.64. The van der Waals surface area contributed by atoms with E-state index in [1.165, 1.54) is 14.6 Å². The summed E-state index contributed by atoms with van der Waals surface area (Å²) in [7, 11) is -3.83. The first-order valence-corrected chi connectivity index (χ1v) is 14.4. The molecule has 1 aromatic heterocycles. The third kappa shape index (κ3) is 9.02. The second kappa shape index (κ2) is 14.1. The number of carbonyl (C=O) groups excluding carboxylic acids is 1. The number of aryl methyl sites for hydroxylation is 1. The van der Waals surface area contributed by atoms with E-state index in [1.807, 2.05) is 86.6 Å². The molecule has 8 heteroatoms. The Morgan fingerprint density at radius 1 is 0.972 bits per heavy atom. The van der Waals surface area contributed by atoms with Crippen LogP contribution in [-0.4, -0.2) is 49.8 Å². The van der Waals surface area contributed by atoms with Crippen LogP contribution in [0, 0.1) is 6.92 Å². The van der Waals surface area contributed by atoms with E-state index < -0.39 is 10.0 Å². The third-order valence-electron chi connectivity index (χ3n) is 5.52. The maximum atomic E-state index is 13.5. The first-order chi connectivity index (χ1) is 17.4. The van der Waals surface area contributed by atoms with Gasteiger partial charge in [0.25, 0.3) is 0 Å². The van der Waals surface area contributed by atoms with Crippen LogP contribution in [-0.2, 0) is 32.6 Å². The van der Waals surface area contributed by atoms with Gasteiger partial charge in [-0.05, 0) is 49.6 Å². The van der Waals surface area contributed by atoms with Crippen LogP contribution >= 0.6 is 11.3 Å². The third-order valence-corrected chi connectivity index (χ3v) is 8.01. The molecule has 0 saturated carbocycles. The van der Waals surface area contributed by atoms with Crippen LogP contribution in [0.3, 0.4) is 0 Å². The molecule has 0 saturated heterocycles. The van der Waals surface area contributed by atoms with Gasteiger partial charge in [-0.25, -0.2) is 8.42 Å². The van der Waals surface area contributed by atoms with Crippen molar-refractivity contribution in [1.82, 2.24) is 9.21 Å². The molecule has 0 fully saturated rings. The van der Waals surface area contributed by atoms with E-state index in [0.717, 1.165) is 16.0 Å². The fourth-order valence-corrected chi connectivity index (χ4v) is 5.72. The summed E-state index contributed by atoms with van der Waals surface area (Å²) < 4.78 is 33.2. The summed E-state index contributed by atoms with van der Waals surface area (Å²) in [6.45, 7) is 5.72. The van der Waals surface area contributed by atoms with Gasteiger partial charge in [-0.15, -0.1) is 11.3 Å². The van der Waals surface area contributed by atoms with Gasteiger partial charge in [-0.1, -0.05) is 60.7 Å². The summed E-state index contributed by atoms with van der Waals surface area (Å²) in [6.07, 6.45) is 2.06. The summed E-state index contributed by atoms with van der Waals surface area (Å²) in [6, 6.07) is 23.0. The monoisotopic (exact) mass is 526 g/mol. The predicted octanol–water partition coefficient (Wildman–Crippen LogP) is 5.31. The number of benzene rings is 2. The van der Waals surface area contributed by atoms with Gasteiger partial charge in [0.1, 0.15) is 0 Å². The second-order valence-corrected chi connectivity index (χ2v) is 11.6. The van der Waals surface area contributed by atoms with Crippen LogP contribution in [0.2, 0.25) is 0 Å². The van der Waals surface area contributed by atoms with E-state index >= 15 is 0 Å². The molecule has 192 valence electrons. The number of hydrogen-bond donors (Lipinski definition) is 0. The van der Waals surface area contributed by atoms with Crippen LogP contribution in [0.25, 0.3) is 6.08 Å². The van der Waals surface area contributed by atoms with Crippen LogP contribution < -0.4 is 0 Å². The smallest absolute Gasteiger partial charge is 0.238 e. The molecule has 0 spiro atoms. The lowest BCUT2D eigenvalue weighted by atomic mass is 10.2. The van der Waals surface area contributed by atoms with E-state index in [9.17, 15) is 13.2 Å². The molecule has 36 heavy (non-hydrogen) atoms. The van der Waals surface area contributed by atoms with Crippen molar-refractivity contribution in [3.05, 3.63) is 99.1 Å². The lowest BCUT2D eigenvalue weighted by Gasteiger charge is -2.26. The predicted molar refractivity (Wildman–Crippen MR) is 147 cm³/mol. The number of ether oxygens (including phenoxy) is 1. The van der Waals surface area contributed by atoms with Crippen LogP contribution in [0.15, 0.2) is 78.2 Å². The summed E-state index contributed by atoms with van der Waals surface area (Å²) in [5, 5.41) is 1.18. The zero-order valence-corrected chi connectivity index (χ0v) is 22.5. The summed E-state index contributed by atoms with van der Waals surface area (Å²) in [4.78, 5) is 17.5. The molecule has 1 heterocycles. The van der Waals surface area contributed by atoms with Crippen molar-refractivity contribution in [2.24, 2.45) is 0 Å². The zero-order chi connectivity index (χ0) is 25.8. The Morgan fingerprint density at radius 2 is 1.67 bits per heavy atom. The average Bonchev–Trinajstić information content (AvgIpc) is 3.30. The van der Waals surface area contributed by atoms with Gasteiger partial charge < -0.3 is 9.64 Å². The van der Waals surface area contributed by atoms with E-state index in [4.69, 9.17) is 4.74 Å². The molecule has 1 amide bonds. The highest BCUT2D eigenvalue weighted by atomic mass is 32.2. The Labute approximate surface area is 218 Å². The van der Waals surface area contributed by atoms with Gasteiger partial charge in [0, 0.05) is 41.5 Å². The number of sulfonamides is 1. The highest BCUT2D eigenvalue weighted by Crippen LogP contribution is 2.19. The van der Waals surface area contributed by atoms with Crippen molar-refractivity contribution in [3.8, 4) is 0 Å². The van der Waals surface area contributed by atoms with Crippen molar-refractivity contribution < 1.29 is 17.9 Å². The lowest BCUT2D eigenvalue weighted by molar-refractivity contribution is -0.132. The molecule has 0 aliphatic carbocycles. The number of hydrogen-bond acceptors (Lipinski definition) is 5. The molecular weight excluding hydrogens is 492 g/mol. The highest BCUT2D eigenvalue weighted by molar-refractivity contribution is 7.92. The molecule has 0 unspecified atom stereocenters. The Balaban J connectivity index is 1.80. The minimum Gasteiger partial charge on any atom is -0.382 e. The molecule has 0 atom stereocenters. The van der Waals surface area contributed by atoms with E-state index in [1.54, 1.807) is 22.3 Å². The van der Waals surface area contributed by atoms with E-state index in [-0.39, 0.29) is 19.0 Å². The summed E-state index contributed by atoms with van der Waals surface area (Å²) in [5.41, 5.74) is 1.77. The van der Waals surface area contributed by atoms with E-state index in [2.05, 4.69) is 0 Å². The van der Waals surface area contributed by atoms with Gasteiger partial charge in [-0.2, -0.15) is 4.31 Å². The molecule has 3 aromatic rings. The van der Waals surface area contributed by atoms with E-state index in [0.29, 0.717) is 32.7 Å². The molecule has 3 rings (SSSR count). The first-order valence-electron chi connectivity index (χ1n) is 12.1. The normalized spacial score (nSPS) is 11.9. The summed E-state index contributed by atoms with van der Waals surface area (Å²) in [5.74, 6) is -0.238. The highest BCUT2D eigenvalue weighted by Gasteiger charge is 2.25. The fraction of sp³-hybridized carbons (Fsp3) is 0.321. The van der Waals surface area contributed by atoms with Crippen LogP contribution in [0.4, 0.5) is 0 Å². The van der Waals surface area contributed by atoms with Gasteiger partial charge in [-0.3, -0.25) is 4.79 Å². The minimum atomic E-state index is -3.83. The SMILES string of the molecule is CCOCCCN(CC(=O)N(Cc1ccccc1)Cc1ccc(C)s1)S(=O)(=O)C=Cc1ccccc1. The molecule has 0 N–H and O–H groups in total. The molecule has 0 bridgehead atoms. The first kappa shape index (κ1) is 27.8. The lowest BCUT2D eigenvalue weighted by Crippen LogP contribution is -2.42. The number of rotatable bonds is 14. The zero-order valence-electron chi connectivity index (χ0n) is 20.9. The molecular formula is C28H34N2O4S2. The molecule has 6 nitrogen and oxygen atoms in total. The molecule has 0 aliphatic rings. The number of thiophene rings is 1. The Kier molecular flexibility index (Phi) is 10.9. The Hall–Kier alpha value is -2.78. The maximum absolute atomic E-state index is 13.5.